The minimum atomic E-state index is 0.319. The Kier molecular flexibility index (Phi) is 4.25. The van der Waals surface area contributed by atoms with Crippen molar-refractivity contribution in [2.75, 3.05) is 5.43 Å². The minimum Gasteiger partial charge on any atom is -0.323 e. The van der Waals surface area contributed by atoms with Crippen LogP contribution < -0.4 is 5.43 Å². The summed E-state index contributed by atoms with van der Waals surface area (Å²) in [6.07, 6.45) is 0. The third-order valence-electron chi connectivity index (χ3n) is 3.14. The lowest BCUT2D eigenvalue weighted by Crippen LogP contribution is -2.01. The highest BCUT2D eigenvalue weighted by molar-refractivity contribution is 6.49. The molecule has 3 rings (SSSR count). The SMILES string of the molecule is CC(=NNc1nc2ccccc2[nH]1)c1ccc(Cl)c(Cl)c1Cl. The molecule has 0 radical (unpaired) electrons. The predicted octanol–water partition coefficient (Wildman–Crippen LogP) is 5.36. The highest BCUT2D eigenvalue weighted by Gasteiger charge is 2.11. The molecule has 3 aromatic rings. The second kappa shape index (κ2) is 6.16. The van der Waals surface area contributed by atoms with Crippen molar-refractivity contribution in [3.63, 3.8) is 0 Å². The molecule has 2 N–H and O–H groups in total. The van der Waals surface area contributed by atoms with Crippen LogP contribution in [-0.4, -0.2) is 15.7 Å². The average molecular weight is 354 g/mol. The molecule has 0 fully saturated rings. The van der Waals surface area contributed by atoms with Crippen molar-refractivity contribution >= 4 is 57.5 Å². The second-order valence-electron chi connectivity index (χ2n) is 4.63. The summed E-state index contributed by atoms with van der Waals surface area (Å²) in [6.45, 7) is 1.82. The molecule has 0 aliphatic carbocycles. The summed E-state index contributed by atoms with van der Waals surface area (Å²) in [5, 5.41) is 5.38. The number of aromatic nitrogens is 2. The number of hydrazone groups is 1. The van der Waals surface area contributed by atoms with E-state index in [-0.39, 0.29) is 0 Å². The lowest BCUT2D eigenvalue weighted by Gasteiger charge is -2.06. The molecule has 0 aliphatic heterocycles. The summed E-state index contributed by atoms with van der Waals surface area (Å²) in [5.74, 6) is 0.553. The van der Waals surface area contributed by atoms with E-state index < -0.39 is 0 Å². The van der Waals surface area contributed by atoms with Crippen LogP contribution in [0.1, 0.15) is 12.5 Å². The molecule has 0 saturated heterocycles. The molecule has 1 aromatic heterocycles. The maximum atomic E-state index is 6.19. The first-order chi connectivity index (χ1) is 10.6. The van der Waals surface area contributed by atoms with Gasteiger partial charge in [0.1, 0.15) is 0 Å². The lowest BCUT2D eigenvalue weighted by atomic mass is 10.1. The number of halogens is 3. The number of nitrogens with one attached hydrogen (secondary N) is 2. The number of anilines is 1. The minimum absolute atomic E-state index is 0.319. The predicted molar refractivity (Wildman–Crippen MR) is 93.4 cm³/mol. The number of aromatic amines is 1. The number of fused-ring (bicyclic) bond motifs is 1. The van der Waals surface area contributed by atoms with Crippen molar-refractivity contribution < 1.29 is 0 Å². The average Bonchev–Trinajstić information content (AvgIpc) is 2.93. The van der Waals surface area contributed by atoms with Crippen LogP contribution >= 0.6 is 34.8 Å². The van der Waals surface area contributed by atoms with Crippen molar-refractivity contribution in [3.05, 3.63) is 57.0 Å². The monoisotopic (exact) mass is 352 g/mol. The van der Waals surface area contributed by atoms with Crippen LogP contribution in [0.4, 0.5) is 5.95 Å². The van der Waals surface area contributed by atoms with E-state index in [1.807, 2.05) is 31.2 Å². The first-order valence-corrected chi connectivity index (χ1v) is 7.58. The number of hydrogen-bond acceptors (Lipinski definition) is 3. The fourth-order valence-corrected chi connectivity index (χ4v) is 2.68. The molecule has 2 aromatic carbocycles. The number of benzene rings is 2. The molecule has 22 heavy (non-hydrogen) atoms. The van der Waals surface area contributed by atoms with E-state index in [0.29, 0.717) is 32.3 Å². The normalized spacial score (nSPS) is 11.9. The van der Waals surface area contributed by atoms with Gasteiger partial charge in [-0.05, 0) is 25.1 Å². The van der Waals surface area contributed by atoms with E-state index in [1.54, 1.807) is 12.1 Å². The zero-order valence-electron chi connectivity index (χ0n) is 11.5. The highest BCUT2D eigenvalue weighted by Crippen LogP contribution is 2.32. The number of imidazole rings is 1. The molecule has 0 aliphatic rings. The van der Waals surface area contributed by atoms with Gasteiger partial charge in [-0.2, -0.15) is 5.10 Å². The van der Waals surface area contributed by atoms with Gasteiger partial charge in [0.25, 0.3) is 0 Å². The van der Waals surface area contributed by atoms with Gasteiger partial charge >= 0.3 is 0 Å². The molecular weight excluding hydrogens is 343 g/mol. The number of para-hydroxylation sites is 2. The zero-order valence-corrected chi connectivity index (χ0v) is 13.8. The van der Waals surface area contributed by atoms with Crippen LogP contribution in [0.25, 0.3) is 11.0 Å². The maximum absolute atomic E-state index is 6.19. The number of nitrogens with zero attached hydrogens (tertiary/aromatic N) is 2. The topological polar surface area (TPSA) is 53.1 Å². The Morgan fingerprint density at radius 1 is 1.09 bits per heavy atom. The molecule has 7 heteroatoms. The van der Waals surface area contributed by atoms with E-state index in [1.165, 1.54) is 0 Å². The van der Waals surface area contributed by atoms with Crippen molar-refractivity contribution in [2.24, 2.45) is 5.10 Å². The Morgan fingerprint density at radius 2 is 1.86 bits per heavy atom. The molecule has 0 unspecified atom stereocenters. The van der Waals surface area contributed by atoms with E-state index in [9.17, 15) is 0 Å². The largest absolute Gasteiger partial charge is 0.323 e. The van der Waals surface area contributed by atoms with Gasteiger partial charge in [-0.3, -0.25) is 0 Å². The fraction of sp³-hybridized carbons (Fsp3) is 0.0667. The molecule has 0 bridgehead atoms. The Hall–Kier alpha value is -1.75. The van der Waals surface area contributed by atoms with Crippen LogP contribution in [0.3, 0.4) is 0 Å². The number of hydrogen-bond donors (Lipinski definition) is 2. The van der Waals surface area contributed by atoms with Crippen LogP contribution in [0.5, 0.6) is 0 Å². The van der Waals surface area contributed by atoms with Gasteiger partial charge in [-0.1, -0.05) is 53.0 Å². The van der Waals surface area contributed by atoms with Gasteiger partial charge in [0.15, 0.2) is 0 Å². The molecular formula is C15H11Cl3N4. The molecule has 0 saturated carbocycles. The van der Waals surface area contributed by atoms with Gasteiger partial charge < -0.3 is 4.98 Å². The smallest absolute Gasteiger partial charge is 0.222 e. The van der Waals surface area contributed by atoms with Crippen molar-refractivity contribution in [2.45, 2.75) is 6.92 Å². The van der Waals surface area contributed by atoms with E-state index >= 15 is 0 Å². The van der Waals surface area contributed by atoms with Gasteiger partial charge in [0.05, 0.1) is 31.8 Å². The Labute approximate surface area is 142 Å². The summed E-state index contributed by atoms with van der Waals surface area (Å²) in [5.41, 5.74) is 6.06. The summed E-state index contributed by atoms with van der Waals surface area (Å²) in [6, 6.07) is 11.2. The van der Waals surface area contributed by atoms with E-state index in [4.69, 9.17) is 34.8 Å². The van der Waals surface area contributed by atoms with Crippen LogP contribution in [0.15, 0.2) is 41.5 Å². The van der Waals surface area contributed by atoms with Crippen LogP contribution in [0.2, 0.25) is 15.1 Å². The Bertz CT molecular complexity index is 837. The quantitative estimate of drug-likeness (QED) is 0.378. The summed E-state index contributed by atoms with van der Waals surface area (Å²) >= 11 is 18.2. The molecule has 1 heterocycles. The number of rotatable bonds is 3. The van der Waals surface area contributed by atoms with Crippen LogP contribution in [-0.2, 0) is 0 Å². The number of H-pyrrole nitrogens is 1. The van der Waals surface area contributed by atoms with Gasteiger partial charge in [0, 0.05) is 5.56 Å². The standard InChI is InChI=1S/C15H11Cl3N4/c1-8(9-6-7-10(16)14(18)13(9)17)21-22-15-19-11-4-2-3-5-12(11)20-15/h2-7H,1H3,(H2,19,20,22). The third-order valence-corrected chi connectivity index (χ3v) is 4.44. The molecule has 0 spiro atoms. The van der Waals surface area contributed by atoms with Crippen molar-refractivity contribution in [3.8, 4) is 0 Å². The van der Waals surface area contributed by atoms with Gasteiger partial charge in [-0.15, -0.1) is 0 Å². The van der Waals surface area contributed by atoms with E-state index in [2.05, 4.69) is 20.5 Å². The summed E-state index contributed by atoms with van der Waals surface area (Å²) in [7, 11) is 0. The first kappa shape index (κ1) is 15.2. The van der Waals surface area contributed by atoms with Crippen LogP contribution in [0, 0.1) is 0 Å². The second-order valence-corrected chi connectivity index (χ2v) is 5.80. The summed E-state index contributed by atoms with van der Waals surface area (Å²) in [4.78, 5) is 7.51. The Morgan fingerprint density at radius 3 is 2.64 bits per heavy atom. The van der Waals surface area contributed by atoms with Gasteiger partial charge in [0.2, 0.25) is 5.95 Å². The first-order valence-electron chi connectivity index (χ1n) is 6.45. The van der Waals surface area contributed by atoms with Crippen molar-refractivity contribution in [1.29, 1.82) is 0 Å². The zero-order chi connectivity index (χ0) is 15.7. The fourth-order valence-electron chi connectivity index (χ4n) is 2.01. The molecule has 0 amide bonds. The third kappa shape index (κ3) is 2.90. The molecule has 4 nitrogen and oxygen atoms in total. The molecule has 112 valence electrons. The van der Waals surface area contributed by atoms with Crippen molar-refractivity contribution in [1.82, 2.24) is 9.97 Å². The van der Waals surface area contributed by atoms with Gasteiger partial charge in [-0.25, -0.2) is 10.4 Å². The maximum Gasteiger partial charge on any atom is 0.222 e. The highest BCUT2D eigenvalue weighted by atomic mass is 35.5. The Balaban J connectivity index is 1.87. The van der Waals surface area contributed by atoms with E-state index in [0.717, 1.165) is 11.0 Å². The summed E-state index contributed by atoms with van der Waals surface area (Å²) < 4.78 is 0. The lowest BCUT2D eigenvalue weighted by molar-refractivity contribution is 1.20. The molecule has 0 atom stereocenters.